The first-order valence-corrected chi connectivity index (χ1v) is 4.50. The molecule has 0 saturated carbocycles. The minimum absolute atomic E-state index is 0.254. The van der Waals surface area contributed by atoms with Crippen molar-refractivity contribution in [3.8, 4) is 6.07 Å². The molecule has 0 saturated heterocycles. The molecule has 0 aliphatic heterocycles. The van der Waals surface area contributed by atoms with E-state index in [0.717, 1.165) is 0 Å². The predicted octanol–water partition coefficient (Wildman–Crippen LogP) is 2.13. The minimum Gasteiger partial charge on any atom is -0.481 e. The molecule has 0 spiro atoms. The Bertz CT molecular complexity index is 426. The molecule has 0 aromatic heterocycles. The van der Waals surface area contributed by atoms with E-state index in [1.165, 1.54) is 12.1 Å². The molecule has 0 unspecified atom stereocenters. The molecule has 0 fully saturated rings. The molecule has 0 aliphatic carbocycles. The topological polar surface area (TPSA) is 61.1 Å². The van der Waals surface area contributed by atoms with Crippen LogP contribution in [0.15, 0.2) is 17.0 Å². The summed E-state index contributed by atoms with van der Waals surface area (Å²) in [6, 6.07) is 4.90. The maximum atomic E-state index is 10.5. The third-order valence-corrected chi connectivity index (χ3v) is 2.22. The highest BCUT2D eigenvalue weighted by Crippen LogP contribution is 2.24. The summed E-state index contributed by atoms with van der Waals surface area (Å²) in [7, 11) is 0. The normalized spacial score (nSPS) is 9.50. The second kappa shape index (κ2) is 4.36. The zero-order valence-electron chi connectivity index (χ0n) is 6.99. The highest BCUT2D eigenvalue weighted by molar-refractivity contribution is 7.80. The van der Waals surface area contributed by atoms with Gasteiger partial charge < -0.3 is 5.11 Å². The molecule has 0 aliphatic rings. The molecule has 3 nitrogen and oxygen atoms in total. The van der Waals surface area contributed by atoms with E-state index >= 15 is 0 Å². The van der Waals surface area contributed by atoms with Crippen LogP contribution in [0.3, 0.4) is 0 Å². The fraction of sp³-hybridized carbons (Fsp3) is 0.111. The molecule has 1 aromatic carbocycles. The van der Waals surface area contributed by atoms with E-state index < -0.39 is 5.97 Å². The van der Waals surface area contributed by atoms with Gasteiger partial charge in [-0.15, -0.1) is 12.6 Å². The molecular formula is C9H6ClNO2S. The molecule has 72 valence electrons. The highest BCUT2D eigenvalue weighted by atomic mass is 35.5. The number of aliphatic carboxylic acids is 1. The van der Waals surface area contributed by atoms with Gasteiger partial charge in [0, 0.05) is 9.92 Å². The van der Waals surface area contributed by atoms with E-state index in [1.54, 1.807) is 0 Å². The van der Waals surface area contributed by atoms with Gasteiger partial charge in [0.15, 0.2) is 0 Å². The summed E-state index contributed by atoms with van der Waals surface area (Å²) in [5.74, 6) is -1.02. The Hall–Kier alpha value is -1.18. The lowest BCUT2D eigenvalue weighted by Gasteiger charge is -2.04. The predicted molar refractivity (Wildman–Crippen MR) is 54.8 cm³/mol. The van der Waals surface area contributed by atoms with Gasteiger partial charge in [-0.05, 0) is 17.7 Å². The van der Waals surface area contributed by atoms with Crippen molar-refractivity contribution < 1.29 is 9.90 Å². The van der Waals surface area contributed by atoms with Gasteiger partial charge in [0.25, 0.3) is 0 Å². The first-order chi connectivity index (χ1) is 6.54. The van der Waals surface area contributed by atoms with Gasteiger partial charge in [-0.3, -0.25) is 4.79 Å². The number of hydrogen-bond acceptors (Lipinski definition) is 3. The standard InChI is InChI=1S/C9H6ClNO2S/c10-8-2-6(14)1-5(4-11)7(8)3-9(12)13/h1-2,14H,3H2,(H,12,13). The van der Waals surface area contributed by atoms with Crippen molar-refractivity contribution in [3.05, 3.63) is 28.3 Å². The molecule has 0 radical (unpaired) electrons. The number of nitriles is 1. The molecule has 1 aromatic rings. The lowest BCUT2D eigenvalue weighted by atomic mass is 10.1. The molecule has 0 bridgehead atoms. The number of nitrogens with zero attached hydrogens (tertiary/aromatic N) is 1. The fourth-order valence-corrected chi connectivity index (χ4v) is 1.67. The Kier molecular flexibility index (Phi) is 3.39. The minimum atomic E-state index is -1.02. The quantitative estimate of drug-likeness (QED) is 0.761. The summed E-state index contributed by atoms with van der Waals surface area (Å²) in [6.07, 6.45) is -0.254. The zero-order valence-corrected chi connectivity index (χ0v) is 8.64. The molecule has 0 amide bonds. The van der Waals surface area contributed by atoms with Crippen LogP contribution in [-0.2, 0) is 11.2 Å². The van der Waals surface area contributed by atoms with Gasteiger partial charge in [0.2, 0.25) is 0 Å². The summed E-state index contributed by atoms with van der Waals surface area (Å²) in [4.78, 5) is 11.0. The maximum Gasteiger partial charge on any atom is 0.307 e. The number of hydrogen-bond donors (Lipinski definition) is 2. The zero-order chi connectivity index (χ0) is 10.7. The highest BCUT2D eigenvalue weighted by Gasteiger charge is 2.11. The van der Waals surface area contributed by atoms with E-state index in [1.807, 2.05) is 6.07 Å². The van der Waals surface area contributed by atoms with Crippen molar-refractivity contribution >= 4 is 30.2 Å². The van der Waals surface area contributed by atoms with Crippen LogP contribution in [0.4, 0.5) is 0 Å². The average Bonchev–Trinajstić information content (AvgIpc) is 2.08. The Morgan fingerprint density at radius 2 is 2.29 bits per heavy atom. The fourth-order valence-electron chi connectivity index (χ4n) is 1.05. The number of carboxylic acid groups (broad SMARTS) is 1. The van der Waals surface area contributed by atoms with Gasteiger partial charge in [0.1, 0.15) is 0 Å². The van der Waals surface area contributed by atoms with Crippen LogP contribution in [0.25, 0.3) is 0 Å². The Morgan fingerprint density at radius 3 is 2.79 bits per heavy atom. The second-order valence-electron chi connectivity index (χ2n) is 2.64. The summed E-state index contributed by atoms with van der Waals surface area (Å²) in [5, 5.41) is 17.6. The van der Waals surface area contributed by atoms with Crippen molar-refractivity contribution in [2.45, 2.75) is 11.3 Å². The Labute approximate surface area is 91.3 Å². The smallest absolute Gasteiger partial charge is 0.307 e. The SMILES string of the molecule is N#Cc1cc(S)cc(Cl)c1CC(=O)O. The summed E-state index contributed by atoms with van der Waals surface area (Å²) in [6.45, 7) is 0. The van der Waals surface area contributed by atoms with Crippen LogP contribution >= 0.6 is 24.2 Å². The number of halogens is 1. The third kappa shape index (κ3) is 2.41. The van der Waals surface area contributed by atoms with Crippen molar-refractivity contribution in [1.29, 1.82) is 5.26 Å². The Morgan fingerprint density at radius 1 is 1.64 bits per heavy atom. The lowest BCUT2D eigenvalue weighted by molar-refractivity contribution is -0.136. The van der Waals surface area contributed by atoms with E-state index in [0.29, 0.717) is 10.5 Å². The van der Waals surface area contributed by atoms with Gasteiger partial charge in [-0.1, -0.05) is 11.6 Å². The van der Waals surface area contributed by atoms with Gasteiger partial charge in [0.05, 0.1) is 18.1 Å². The van der Waals surface area contributed by atoms with Gasteiger partial charge >= 0.3 is 5.97 Å². The molecule has 0 atom stereocenters. The van der Waals surface area contributed by atoms with Crippen molar-refractivity contribution in [2.24, 2.45) is 0 Å². The molecule has 0 heterocycles. The lowest BCUT2D eigenvalue weighted by Crippen LogP contribution is -2.03. The number of benzene rings is 1. The summed E-state index contributed by atoms with van der Waals surface area (Å²) < 4.78 is 0. The number of rotatable bonds is 2. The van der Waals surface area contributed by atoms with Crippen LogP contribution in [0, 0.1) is 11.3 Å². The van der Waals surface area contributed by atoms with Crippen LogP contribution in [0.5, 0.6) is 0 Å². The first-order valence-electron chi connectivity index (χ1n) is 3.68. The monoisotopic (exact) mass is 227 g/mol. The van der Waals surface area contributed by atoms with Crippen LogP contribution in [0.2, 0.25) is 5.02 Å². The molecule has 14 heavy (non-hydrogen) atoms. The molecule has 5 heteroatoms. The van der Waals surface area contributed by atoms with Crippen molar-refractivity contribution in [2.75, 3.05) is 0 Å². The van der Waals surface area contributed by atoms with Crippen LogP contribution in [0.1, 0.15) is 11.1 Å². The van der Waals surface area contributed by atoms with Gasteiger partial charge in [-0.2, -0.15) is 5.26 Å². The van der Waals surface area contributed by atoms with Crippen molar-refractivity contribution in [3.63, 3.8) is 0 Å². The van der Waals surface area contributed by atoms with Crippen LogP contribution < -0.4 is 0 Å². The first kappa shape index (κ1) is 10.9. The van der Waals surface area contributed by atoms with Gasteiger partial charge in [-0.25, -0.2) is 0 Å². The van der Waals surface area contributed by atoms with E-state index in [-0.39, 0.29) is 17.0 Å². The van der Waals surface area contributed by atoms with Crippen molar-refractivity contribution in [1.82, 2.24) is 0 Å². The number of thiol groups is 1. The number of carbonyl (C=O) groups is 1. The largest absolute Gasteiger partial charge is 0.481 e. The molecule has 1 N–H and O–H groups in total. The summed E-state index contributed by atoms with van der Waals surface area (Å²) in [5.41, 5.74) is 0.587. The van der Waals surface area contributed by atoms with E-state index in [9.17, 15) is 4.79 Å². The summed E-state index contributed by atoms with van der Waals surface area (Å²) >= 11 is 9.83. The maximum absolute atomic E-state index is 10.5. The van der Waals surface area contributed by atoms with E-state index in [2.05, 4.69) is 12.6 Å². The number of carboxylic acids is 1. The third-order valence-electron chi connectivity index (χ3n) is 1.63. The molecular weight excluding hydrogens is 222 g/mol. The Balaban J connectivity index is 3.27. The molecule has 1 rings (SSSR count). The average molecular weight is 228 g/mol. The van der Waals surface area contributed by atoms with Crippen LogP contribution in [-0.4, -0.2) is 11.1 Å². The second-order valence-corrected chi connectivity index (χ2v) is 3.56. The van der Waals surface area contributed by atoms with E-state index in [4.69, 9.17) is 22.0 Å².